The van der Waals surface area contributed by atoms with Crippen LogP contribution in [0.15, 0.2) is 29.3 Å². The highest BCUT2D eigenvalue weighted by atomic mass is 16.5. The van der Waals surface area contributed by atoms with Gasteiger partial charge in [0, 0.05) is 19.4 Å². The number of carbonyl (C=O) groups is 3. The fourth-order valence-corrected chi connectivity index (χ4v) is 7.76. The lowest BCUT2D eigenvalue weighted by Gasteiger charge is -2.26. The molecule has 0 radical (unpaired) electrons. The molecule has 1 aliphatic heterocycles. The summed E-state index contributed by atoms with van der Waals surface area (Å²) in [6.07, 6.45) is 29.0. The van der Waals surface area contributed by atoms with Gasteiger partial charge in [0.05, 0.1) is 25.7 Å². The van der Waals surface area contributed by atoms with E-state index in [-0.39, 0.29) is 35.7 Å². The molecule has 0 aliphatic carbocycles. The number of allylic oxidation sites excluding steroid dienone is 1. The van der Waals surface area contributed by atoms with Crippen LogP contribution < -0.4 is 0 Å². The Morgan fingerprint density at radius 1 is 0.673 bits per heavy atom. The second kappa shape index (κ2) is 35.8. The van der Waals surface area contributed by atoms with E-state index < -0.39 is 0 Å². The van der Waals surface area contributed by atoms with Gasteiger partial charge in [0.15, 0.2) is 0 Å². The summed E-state index contributed by atoms with van der Waals surface area (Å²) < 4.78 is 17.3. The Labute approximate surface area is 338 Å². The van der Waals surface area contributed by atoms with Crippen LogP contribution in [0.2, 0.25) is 0 Å². The molecule has 0 bridgehead atoms. The molecule has 2 unspecified atom stereocenters. The van der Waals surface area contributed by atoms with Crippen LogP contribution in [0.5, 0.6) is 0 Å². The SMILES string of the molecule is C=C=C=C=C1C(CCCCC)CCOC(=O)CCCCCCCCCC(C(=O)OCCCN(C)C)CCCCCCCCCC(=O)OCCC1CCCCC. The fraction of sp³-hybridized carbons (Fsp3) is 0.833. The molecule has 1 fully saturated rings. The Hall–Kier alpha value is -2.55. The summed E-state index contributed by atoms with van der Waals surface area (Å²) in [7, 11) is 4.08. The van der Waals surface area contributed by atoms with Crippen molar-refractivity contribution in [2.75, 3.05) is 40.5 Å². The Bertz CT molecular complexity index is 1060. The first kappa shape index (κ1) is 50.5. The van der Waals surface area contributed by atoms with E-state index in [1.54, 1.807) is 0 Å². The van der Waals surface area contributed by atoms with E-state index >= 15 is 0 Å². The minimum Gasteiger partial charge on any atom is -0.466 e. The largest absolute Gasteiger partial charge is 0.466 e. The maximum atomic E-state index is 13.0. The van der Waals surface area contributed by atoms with Crippen molar-refractivity contribution >= 4 is 17.9 Å². The number of nitrogens with zero attached hydrogens (tertiary/aromatic N) is 1. The van der Waals surface area contributed by atoms with Crippen molar-refractivity contribution in [3.63, 3.8) is 0 Å². The van der Waals surface area contributed by atoms with Gasteiger partial charge in [-0.3, -0.25) is 14.4 Å². The van der Waals surface area contributed by atoms with E-state index in [2.05, 4.69) is 42.5 Å². The van der Waals surface area contributed by atoms with Crippen LogP contribution in [0.25, 0.3) is 0 Å². The van der Waals surface area contributed by atoms with Crippen LogP contribution in [-0.2, 0) is 28.6 Å². The molecule has 0 aromatic carbocycles. The van der Waals surface area contributed by atoms with Crippen molar-refractivity contribution in [3.05, 3.63) is 29.3 Å². The molecule has 0 saturated carbocycles. The predicted molar refractivity (Wildman–Crippen MR) is 227 cm³/mol. The highest BCUT2D eigenvalue weighted by Crippen LogP contribution is 2.33. The molecule has 0 N–H and O–H groups in total. The molecule has 0 aromatic rings. The second-order valence-corrected chi connectivity index (χ2v) is 16.3. The highest BCUT2D eigenvalue weighted by Gasteiger charge is 2.24. The maximum absolute atomic E-state index is 13.0. The average molecular weight is 770 g/mol. The van der Waals surface area contributed by atoms with Gasteiger partial charge in [-0.1, -0.05) is 141 Å². The summed E-state index contributed by atoms with van der Waals surface area (Å²) in [5, 5.41) is 0. The van der Waals surface area contributed by atoms with E-state index in [0.717, 1.165) is 180 Å². The minimum absolute atomic E-state index is 0.00184. The van der Waals surface area contributed by atoms with Crippen LogP contribution >= 0.6 is 0 Å². The zero-order chi connectivity index (χ0) is 40.2. The average Bonchev–Trinajstić information content (AvgIpc) is 3.16. The molecule has 0 aromatic heterocycles. The molecule has 1 heterocycles. The van der Waals surface area contributed by atoms with Gasteiger partial charge in [0.1, 0.15) is 0 Å². The van der Waals surface area contributed by atoms with Crippen molar-refractivity contribution in [3.8, 4) is 0 Å². The zero-order valence-electron chi connectivity index (χ0n) is 36.2. The second-order valence-electron chi connectivity index (χ2n) is 16.3. The summed E-state index contributed by atoms with van der Waals surface area (Å²) in [5.41, 5.74) is 10.5. The summed E-state index contributed by atoms with van der Waals surface area (Å²) in [5.74, 6) is 0.211. The zero-order valence-corrected chi connectivity index (χ0v) is 36.2. The molecule has 1 rings (SSSR count). The number of rotatable bonds is 13. The van der Waals surface area contributed by atoms with Gasteiger partial charge in [0.25, 0.3) is 0 Å². The topological polar surface area (TPSA) is 82.1 Å². The first-order valence-corrected chi connectivity index (χ1v) is 22.8. The number of ether oxygens (including phenoxy) is 3. The van der Waals surface area contributed by atoms with Gasteiger partial charge < -0.3 is 19.1 Å². The third-order valence-corrected chi connectivity index (χ3v) is 11.1. The van der Waals surface area contributed by atoms with Gasteiger partial charge in [-0.2, -0.15) is 0 Å². The minimum atomic E-state index is -0.106. The lowest BCUT2D eigenvalue weighted by atomic mass is 9.79. The van der Waals surface area contributed by atoms with E-state index in [0.29, 0.717) is 32.7 Å². The van der Waals surface area contributed by atoms with Gasteiger partial charge in [-0.15, -0.1) is 0 Å². The summed E-state index contributed by atoms with van der Waals surface area (Å²) >= 11 is 0. The van der Waals surface area contributed by atoms with Crippen LogP contribution in [0.3, 0.4) is 0 Å². The molecule has 316 valence electrons. The number of hydrogen-bond donors (Lipinski definition) is 0. The molecule has 0 spiro atoms. The highest BCUT2D eigenvalue weighted by molar-refractivity contribution is 5.72. The van der Waals surface area contributed by atoms with E-state index in [1.807, 2.05) is 14.1 Å². The summed E-state index contributed by atoms with van der Waals surface area (Å²) in [6.45, 7) is 10.4. The monoisotopic (exact) mass is 770 g/mol. The Balaban J connectivity index is 2.91. The number of cyclic esters (lactones) is 2. The lowest BCUT2D eigenvalue weighted by Crippen LogP contribution is -2.21. The van der Waals surface area contributed by atoms with Crippen LogP contribution in [0.1, 0.15) is 200 Å². The van der Waals surface area contributed by atoms with E-state index in [1.165, 1.54) is 5.57 Å². The molecule has 2 atom stereocenters. The third kappa shape index (κ3) is 28.5. The molecule has 7 nitrogen and oxygen atoms in total. The number of esters is 3. The number of unbranched alkanes of at least 4 members (excludes halogenated alkanes) is 4. The number of carbonyl (C=O) groups excluding carboxylic acids is 3. The van der Waals surface area contributed by atoms with Gasteiger partial charge in [-0.05, 0) is 102 Å². The number of hydrogen-bond acceptors (Lipinski definition) is 7. The summed E-state index contributed by atoms with van der Waals surface area (Å²) in [4.78, 5) is 40.6. The molecule has 1 aliphatic rings. The molecule has 0 amide bonds. The van der Waals surface area contributed by atoms with Crippen LogP contribution in [-0.4, -0.2) is 63.3 Å². The van der Waals surface area contributed by atoms with Crippen molar-refractivity contribution < 1.29 is 28.6 Å². The summed E-state index contributed by atoms with van der Waals surface area (Å²) in [6, 6.07) is 0. The lowest BCUT2D eigenvalue weighted by molar-refractivity contribution is -0.149. The third-order valence-electron chi connectivity index (χ3n) is 11.1. The molecular formula is C48H83NO6. The smallest absolute Gasteiger partial charge is 0.308 e. The molecule has 1 saturated heterocycles. The molecule has 55 heavy (non-hydrogen) atoms. The van der Waals surface area contributed by atoms with Crippen LogP contribution in [0.4, 0.5) is 0 Å². The Kier molecular flexibility index (Phi) is 32.9. The van der Waals surface area contributed by atoms with E-state index in [9.17, 15) is 14.4 Å². The van der Waals surface area contributed by atoms with Crippen molar-refractivity contribution in [2.24, 2.45) is 17.8 Å². The Morgan fingerprint density at radius 3 is 1.56 bits per heavy atom. The standard InChI is InChI=1S/C48H83NO6/c1-6-9-22-29-42-36-40-53-46(50)34-26-20-16-12-14-18-24-31-44(48(52)55-39-28-38-49(4)5)32-25-19-15-13-17-21-27-35-47(51)54-41-37-43(30-23-10-7-2)45(42)33-11-8-3/h42-44H,3,6-7,9-10,12-32,34-41H2,1-2,4-5H3. The maximum Gasteiger partial charge on any atom is 0.308 e. The van der Waals surface area contributed by atoms with Crippen molar-refractivity contribution in [2.45, 2.75) is 200 Å². The first-order valence-electron chi connectivity index (χ1n) is 22.8. The molecule has 7 heteroatoms. The quantitative estimate of drug-likeness (QED) is 0.0798. The fourth-order valence-electron chi connectivity index (χ4n) is 7.76. The van der Waals surface area contributed by atoms with Gasteiger partial charge in [0.2, 0.25) is 0 Å². The first-order chi connectivity index (χ1) is 26.8. The Morgan fingerprint density at radius 2 is 1.13 bits per heavy atom. The van der Waals surface area contributed by atoms with Crippen LogP contribution in [0, 0.1) is 17.8 Å². The van der Waals surface area contributed by atoms with Crippen molar-refractivity contribution in [1.29, 1.82) is 0 Å². The van der Waals surface area contributed by atoms with Gasteiger partial charge in [-0.25, -0.2) is 0 Å². The predicted octanol–water partition coefficient (Wildman–Crippen LogP) is 12.4. The van der Waals surface area contributed by atoms with Gasteiger partial charge >= 0.3 is 17.9 Å². The van der Waals surface area contributed by atoms with Crippen molar-refractivity contribution in [1.82, 2.24) is 4.90 Å². The normalized spacial score (nSPS) is 22.0. The molecular weight excluding hydrogens is 687 g/mol. The van der Waals surface area contributed by atoms with E-state index in [4.69, 9.17) is 14.2 Å².